The van der Waals surface area contributed by atoms with Gasteiger partial charge in [-0.15, -0.1) is 0 Å². The summed E-state index contributed by atoms with van der Waals surface area (Å²) in [6.45, 7) is 4.68. The maximum Gasteiger partial charge on any atom is 0.159 e. The Morgan fingerprint density at radius 3 is 2.45 bits per heavy atom. The number of hydrogen-bond donors (Lipinski definition) is 1. The summed E-state index contributed by atoms with van der Waals surface area (Å²) in [5.41, 5.74) is -0.558. The highest BCUT2D eigenvalue weighted by Crippen LogP contribution is 2.26. The van der Waals surface area contributed by atoms with Crippen molar-refractivity contribution in [3.05, 3.63) is 0 Å². The highest BCUT2D eigenvalue weighted by atomic mass is 16.7. The second kappa shape index (κ2) is 7.45. The summed E-state index contributed by atoms with van der Waals surface area (Å²) in [7, 11) is 0. The zero-order valence-electron chi connectivity index (χ0n) is 12.9. The molecule has 0 amide bonds. The molecular weight excluding hydrogens is 252 g/mol. The third-order valence-electron chi connectivity index (χ3n) is 4.18. The molecule has 0 spiro atoms. The molecule has 0 aromatic heterocycles. The summed E-state index contributed by atoms with van der Waals surface area (Å²) in [5, 5.41) is 10.2. The number of aliphatic hydroxyl groups is 1. The van der Waals surface area contributed by atoms with Crippen molar-refractivity contribution >= 4 is 0 Å². The summed E-state index contributed by atoms with van der Waals surface area (Å²) < 4.78 is 11.5. The third-order valence-corrected chi connectivity index (χ3v) is 4.18. The van der Waals surface area contributed by atoms with Gasteiger partial charge < -0.3 is 14.6 Å². The normalized spacial score (nSPS) is 26.6. The molecule has 0 unspecified atom stereocenters. The summed E-state index contributed by atoms with van der Waals surface area (Å²) in [6.07, 6.45) is 8.50. The fourth-order valence-corrected chi connectivity index (χ4v) is 2.98. The second-order valence-electron chi connectivity index (χ2n) is 6.54. The van der Waals surface area contributed by atoms with E-state index in [0.29, 0.717) is 5.92 Å². The predicted molar refractivity (Wildman–Crippen MR) is 79.1 cm³/mol. The van der Waals surface area contributed by atoms with E-state index in [4.69, 9.17) is 9.47 Å². The first-order valence-corrected chi connectivity index (χ1v) is 8.07. The van der Waals surface area contributed by atoms with E-state index in [9.17, 15) is 5.11 Å². The number of hydrogen-bond acceptors (Lipinski definition) is 3. The molecule has 2 aliphatic rings. The monoisotopic (exact) mass is 280 g/mol. The van der Waals surface area contributed by atoms with Crippen LogP contribution in [0.2, 0.25) is 0 Å². The molecule has 2 rings (SSSR count). The lowest BCUT2D eigenvalue weighted by molar-refractivity contribution is -0.199. The molecule has 1 saturated heterocycles. The molecule has 1 aliphatic carbocycles. The molecule has 0 aromatic carbocycles. The molecule has 1 aliphatic heterocycles. The van der Waals surface area contributed by atoms with Gasteiger partial charge in [0.2, 0.25) is 0 Å². The molecule has 1 saturated carbocycles. The lowest BCUT2D eigenvalue weighted by Crippen LogP contribution is -2.33. The molecule has 1 N–H and O–H groups in total. The van der Waals surface area contributed by atoms with Crippen LogP contribution >= 0.6 is 0 Å². The van der Waals surface area contributed by atoms with Crippen LogP contribution < -0.4 is 0 Å². The van der Waals surface area contributed by atoms with Crippen molar-refractivity contribution in [3.8, 4) is 11.8 Å². The first-order valence-electron chi connectivity index (χ1n) is 8.07. The van der Waals surface area contributed by atoms with Crippen LogP contribution in [0.25, 0.3) is 0 Å². The summed E-state index contributed by atoms with van der Waals surface area (Å²) in [6, 6.07) is 0. The van der Waals surface area contributed by atoms with Crippen LogP contribution in [-0.2, 0) is 9.47 Å². The van der Waals surface area contributed by atoms with Gasteiger partial charge >= 0.3 is 0 Å². The first kappa shape index (κ1) is 15.8. The zero-order chi connectivity index (χ0) is 14.4. The van der Waals surface area contributed by atoms with Gasteiger partial charge in [0.15, 0.2) is 6.29 Å². The predicted octanol–water partition coefficient (Wildman–Crippen LogP) is 3.25. The lowest BCUT2D eigenvalue weighted by Gasteiger charge is -2.29. The summed E-state index contributed by atoms with van der Waals surface area (Å²) in [4.78, 5) is 0. The van der Waals surface area contributed by atoms with Gasteiger partial charge in [-0.25, -0.2) is 0 Å². The molecule has 3 heteroatoms. The third kappa shape index (κ3) is 5.09. The first-order chi connectivity index (χ1) is 9.57. The molecule has 2 atom stereocenters. The van der Waals surface area contributed by atoms with Crippen molar-refractivity contribution in [2.75, 3.05) is 6.61 Å². The maximum atomic E-state index is 10.2. The quantitative estimate of drug-likeness (QED) is 0.807. The van der Waals surface area contributed by atoms with E-state index < -0.39 is 11.7 Å². The average Bonchev–Trinajstić information content (AvgIpc) is 2.46. The van der Waals surface area contributed by atoms with Gasteiger partial charge in [-0.1, -0.05) is 31.1 Å². The molecule has 1 heterocycles. The molecular formula is C17H28O3. The zero-order valence-corrected chi connectivity index (χ0v) is 12.9. The number of aliphatic hydroxyl groups excluding tert-OH is 1. The Bertz CT molecular complexity index is 341. The Labute approximate surface area is 123 Å². The minimum absolute atomic E-state index is 0.139. The maximum absolute atomic E-state index is 10.2. The van der Waals surface area contributed by atoms with Crippen LogP contribution in [0, 0.1) is 17.8 Å². The van der Waals surface area contributed by atoms with Crippen LogP contribution in [0.15, 0.2) is 0 Å². The molecule has 0 radical (unpaired) electrons. The van der Waals surface area contributed by atoms with Gasteiger partial charge in [0.1, 0.15) is 11.7 Å². The van der Waals surface area contributed by atoms with Gasteiger partial charge in [-0.3, -0.25) is 0 Å². The van der Waals surface area contributed by atoms with Gasteiger partial charge in [-0.05, 0) is 51.9 Å². The Kier molecular flexibility index (Phi) is 5.89. The molecule has 114 valence electrons. The lowest BCUT2D eigenvalue weighted by atomic mass is 9.85. The number of ether oxygens (including phenoxy) is 2. The minimum atomic E-state index is -0.558. The average molecular weight is 280 g/mol. The van der Waals surface area contributed by atoms with E-state index in [2.05, 4.69) is 11.8 Å². The fourth-order valence-electron chi connectivity index (χ4n) is 2.98. The van der Waals surface area contributed by atoms with E-state index in [1.165, 1.54) is 19.3 Å². The Morgan fingerprint density at radius 1 is 1.10 bits per heavy atom. The van der Waals surface area contributed by atoms with Crippen LogP contribution in [0.1, 0.15) is 65.2 Å². The smallest absolute Gasteiger partial charge is 0.159 e. The highest BCUT2D eigenvalue weighted by molar-refractivity contribution is 5.15. The minimum Gasteiger partial charge on any atom is -0.380 e. The van der Waals surface area contributed by atoms with Gasteiger partial charge in [0.25, 0.3) is 0 Å². The van der Waals surface area contributed by atoms with E-state index in [1.807, 2.05) is 13.8 Å². The van der Waals surface area contributed by atoms with Crippen LogP contribution in [-0.4, -0.2) is 29.7 Å². The van der Waals surface area contributed by atoms with Gasteiger partial charge in [-0.2, -0.15) is 0 Å². The summed E-state index contributed by atoms with van der Waals surface area (Å²) in [5.74, 6) is 6.45. The largest absolute Gasteiger partial charge is 0.380 e. The van der Waals surface area contributed by atoms with Gasteiger partial charge in [0.05, 0.1) is 0 Å². The molecule has 3 nitrogen and oxygen atoms in total. The molecule has 20 heavy (non-hydrogen) atoms. The summed E-state index contributed by atoms with van der Waals surface area (Å²) >= 11 is 0. The van der Waals surface area contributed by atoms with Crippen molar-refractivity contribution in [1.29, 1.82) is 0 Å². The highest BCUT2D eigenvalue weighted by Gasteiger charge is 2.25. The fraction of sp³-hybridized carbons (Fsp3) is 0.882. The van der Waals surface area contributed by atoms with Crippen molar-refractivity contribution in [2.45, 2.75) is 83.2 Å². The number of rotatable bonds is 3. The van der Waals surface area contributed by atoms with E-state index >= 15 is 0 Å². The molecule has 0 bridgehead atoms. The van der Waals surface area contributed by atoms with E-state index in [1.54, 1.807) is 0 Å². The van der Waals surface area contributed by atoms with Crippen molar-refractivity contribution in [1.82, 2.24) is 0 Å². The standard InChI is InChI=1S/C17H28O3/c1-17(2,20-16-10-6-7-13-19-16)12-11-15(18)14-8-4-3-5-9-14/h14-16,18H,3-10,13H2,1-2H3/t15-,16+/m0/s1. The van der Waals surface area contributed by atoms with Gasteiger partial charge in [0, 0.05) is 6.61 Å². The van der Waals surface area contributed by atoms with E-state index in [0.717, 1.165) is 38.7 Å². The molecule has 0 aromatic rings. The van der Waals surface area contributed by atoms with Crippen LogP contribution in [0.4, 0.5) is 0 Å². The Morgan fingerprint density at radius 2 is 1.80 bits per heavy atom. The Hall–Kier alpha value is -0.560. The Balaban J connectivity index is 1.84. The molecule has 2 fully saturated rings. The van der Waals surface area contributed by atoms with Crippen molar-refractivity contribution in [2.24, 2.45) is 5.92 Å². The van der Waals surface area contributed by atoms with Crippen molar-refractivity contribution < 1.29 is 14.6 Å². The van der Waals surface area contributed by atoms with Crippen LogP contribution in [0.5, 0.6) is 0 Å². The topological polar surface area (TPSA) is 38.7 Å². The van der Waals surface area contributed by atoms with Crippen LogP contribution in [0.3, 0.4) is 0 Å². The second-order valence-corrected chi connectivity index (χ2v) is 6.54. The SMILES string of the molecule is CC(C)(C#C[C@H](O)C1CCCCC1)O[C@@H]1CCCCO1. The van der Waals surface area contributed by atoms with E-state index in [-0.39, 0.29) is 6.29 Å². The van der Waals surface area contributed by atoms with Crippen molar-refractivity contribution in [3.63, 3.8) is 0 Å².